The number of nitrogens with two attached hydrogens (primary N) is 1. The van der Waals surface area contributed by atoms with Crippen LogP contribution in [0, 0.1) is 11.3 Å². The highest BCUT2D eigenvalue weighted by Gasteiger charge is 2.12. The SMILES string of the molecule is N#C/C(=C\c1ccc2c(c1)OCO2)c1ccc(N)cc1. The van der Waals surface area contributed by atoms with Gasteiger partial charge < -0.3 is 15.2 Å². The van der Waals surface area contributed by atoms with Crippen LogP contribution in [0.15, 0.2) is 42.5 Å². The van der Waals surface area contributed by atoms with Crippen molar-refractivity contribution in [3.05, 3.63) is 53.6 Å². The predicted molar refractivity (Wildman–Crippen MR) is 76.9 cm³/mol. The van der Waals surface area contributed by atoms with Crippen LogP contribution in [-0.4, -0.2) is 6.79 Å². The highest BCUT2D eigenvalue weighted by molar-refractivity contribution is 5.90. The lowest BCUT2D eigenvalue weighted by molar-refractivity contribution is 0.174. The minimum atomic E-state index is 0.242. The van der Waals surface area contributed by atoms with Gasteiger partial charge in [-0.2, -0.15) is 5.26 Å². The number of hydrogen-bond acceptors (Lipinski definition) is 4. The van der Waals surface area contributed by atoms with E-state index < -0.39 is 0 Å². The van der Waals surface area contributed by atoms with Crippen molar-refractivity contribution in [2.75, 3.05) is 12.5 Å². The molecule has 0 amide bonds. The molecular formula is C16H12N2O2. The zero-order valence-electron chi connectivity index (χ0n) is 10.7. The van der Waals surface area contributed by atoms with E-state index in [0.29, 0.717) is 17.0 Å². The number of benzene rings is 2. The number of fused-ring (bicyclic) bond motifs is 1. The third-order valence-electron chi connectivity index (χ3n) is 3.05. The molecule has 98 valence electrons. The molecule has 0 saturated carbocycles. The van der Waals surface area contributed by atoms with Crippen molar-refractivity contribution in [2.24, 2.45) is 0 Å². The summed E-state index contributed by atoms with van der Waals surface area (Å²) in [5.41, 5.74) is 8.62. The standard InChI is InChI=1S/C16H12N2O2/c17-9-13(12-2-4-14(18)5-3-12)7-11-1-6-15-16(8-11)20-10-19-15/h1-8H,10,18H2/b13-7+. The molecule has 4 heteroatoms. The first-order valence-corrected chi connectivity index (χ1v) is 6.13. The van der Waals surface area contributed by atoms with Crippen LogP contribution in [-0.2, 0) is 0 Å². The monoisotopic (exact) mass is 264 g/mol. The molecule has 3 rings (SSSR count). The molecule has 1 aliphatic rings. The number of rotatable bonds is 2. The number of anilines is 1. The summed E-state index contributed by atoms with van der Waals surface area (Å²) in [6.45, 7) is 0.242. The molecule has 4 nitrogen and oxygen atoms in total. The van der Waals surface area contributed by atoms with E-state index in [9.17, 15) is 5.26 Å². The number of hydrogen-bond donors (Lipinski definition) is 1. The van der Waals surface area contributed by atoms with Crippen molar-refractivity contribution in [2.45, 2.75) is 0 Å². The number of allylic oxidation sites excluding steroid dienone is 1. The molecule has 0 saturated heterocycles. The lowest BCUT2D eigenvalue weighted by Crippen LogP contribution is -1.92. The maximum atomic E-state index is 9.30. The lowest BCUT2D eigenvalue weighted by Gasteiger charge is -2.02. The molecule has 0 unspecified atom stereocenters. The molecule has 1 aliphatic heterocycles. The normalized spacial score (nSPS) is 13.1. The van der Waals surface area contributed by atoms with Gasteiger partial charge in [0.2, 0.25) is 6.79 Å². The second-order valence-electron chi connectivity index (χ2n) is 4.40. The van der Waals surface area contributed by atoms with Crippen LogP contribution < -0.4 is 15.2 Å². The quantitative estimate of drug-likeness (QED) is 0.514. The van der Waals surface area contributed by atoms with Crippen molar-refractivity contribution in [1.82, 2.24) is 0 Å². The Morgan fingerprint density at radius 2 is 1.85 bits per heavy atom. The number of nitrogen functional groups attached to an aromatic ring is 1. The van der Waals surface area contributed by atoms with E-state index in [4.69, 9.17) is 15.2 Å². The summed E-state index contributed by atoms with van der Waals surface area (Å²) in [6, 6.07) is 15.0. The van der Waals surface area contributed by atoms with Gasteiger partial charge in [-0.1, -0.05) is 18.2 Å². The summed E-state index contributed by atoms with van der Waals surface area (Å²) >= 11 is 0. The van der Waals surface area contributed by atoms with E-state index in [1.54, 1.807) is 12.1 Å². The third kappa shape index (κ3) is 2.29. The Hall–Kier alpha value is -2.93. The van der Waals surface area contributed by atoms with Gasteiger partial charge in [-0.05, 0) is 41.5 Å². The van der Waals surface area contributed by atoms with E-state index in [1.165, 1.54) is 0 Å². The van der Waals surface area contributed by atoms with Gasteiger partial charge >= 0.3 is 0 Å². The fourth-order valence-electron chi connectivity index (χ4n) is 2.01. The summed E-state index contributed by atoms with van der Waals surface area (Å²) < 4.78 is 10.6. The molecule has 2 aromatic rings. The van der Waals surface area contributed by atoms with E-state index in [2.05, 4.69) is 6.07 Å². The van der Waals surface area contributed by atoms with Gasteiger partial charge in [-0.15, -0.1) is 0 Å². The average molecular weight is 264 g/mol. The van der Waals surface area contributed by atoms with Crippen molar-refractivity contribution >= 4 is 17.3 Å². The molecule has 0 bridgehead atoms. The molecule has 0 radical (unpaired) electrons. The van der Waals surface area contributed by atoms with Gasteiger partial charge in [0.1, 0.15) is 0 Å². The van der Waals surface area contributed by atoms with Crippen LogP contribution in [0.25, 0.3) is 11.6 Å². The van der Waals surface area contributed by atoms with Crippen molar-refractivity contribution < 1.29 is 9.47 Å². The second-order valence-corrected chi connectivity index (χ2v) is 4.40. The topological polar surface area (TPSA) is 68.3 Å². The largest absolute Gasteiger partial charge is 0.454 e. The van der Waals surface area contributed by atoms with Crippen molar-refractivity contribution in [1.29, 1.82) is 5.26 Å². The molecule has 2 aromatic carbocycles. The second kappa shape index (κ2) is 4.98. The summed E-state index contributed by atoms with van der Waals surface area (Å²) in [7, 11) is 0. The molecule has 2 N–H and O–H groups in total. The smallest absolute Gasteiger partial charge is 0.231 e. The Bertz CT molecular complexity index is 712. The average Bonchev–Trinajstić information content (AvgIpc) is 2.93. The molecule has 20 heavy (non-hydrogen) atoms. The number of nitrogens with zero attached hydrogens (tertiary/aromatic N) is 1. The lowest BCUT2D eigenvalue weighted by atomic mass is 10.0. The first-order valence-electron chi connectivity index (χ1n) is 6.13. The van der Waals surface area contributed by atoms with E-state index in [-0.39, 0.29) is 6.79 Å². The van der Waals surface area contributed by atoms with Crippen LogP contribution in [0.3, 0.4) is 0 Å². The van der Waals surface area contributed by atoms with Gasteiger partial charge in [0.05, 0.1) is 11.6 Å². The van der Waals surface area contributed by atoms with Gasteiger partial charge in [-0.25, -0.2) is 0 Å². The summed E-state index contributed by atoms with van der Waals surface area (Å²) in [4.78, 5) is 0. The Labute approximate surface area is 116 Å². The zero-order valence-corrected chi connectivity index (χ0v) is 10.7. The van der Waals surface area contributed by atoms with Gasteiger partial charge in [0.15, 0.2) is 11.5 Å². The Morgan fingerprint density at radius 1 is 1.10 bits per heavy atom. The maximum absolute atomic E-state index is 9.30. The molecule has 0 aliphatic carbocycles. The molecule has 0 atom stereocenters. The number of ether oxygens (including phenoxy) is 2. The zero-order chi connectivity index (χ0) is 13.9. The van der Waals surface area contributed by atoms with Gasteiger partial charge in [0.25, 0.3) is 0 Å². The third-order valence-corrected chi connectivity index (χ3v) is 3.05. The highest BCUT2D eigenvalue weighted by Crippen LogP contribution is 2.33. The molecule has 0 aromatic heterocycles. The fourth-order valence-corrected chi connectivity index (χ4v) is 2.01. The van der Waals surface area contributed by atoms with Crippen LogP contribution >= 0.6 is 0 Å². The first kappa shape index (κ1) is 12.1. The Morgan fingerprint density at radius 3 is 2.60 bits per heavy atom. The summed E-state index contributed by atoms with van der Waals surface area (Å²) in [6.07, 6.45) is 1.81. The summed E-state index contributed by atoms with van der Waals surface area (Å²) in [5.74, 6) is 1.43. The first-order chi connectivity index (χ1) is 9.76. The fraction of sp³-hybridized carbons (Fsp3) is 0.0625. The summed E-state index contributed by atoms with van der Waals surface area (Å²) in [5, 5.41) is 9.30. The van der Waals surface area contributed by atoms with Crippen LogP contribution in [0.2, 0.25) is 0 Å². The molecular weight excluding hydrogens is 252 g/mol. The van der Waals surface area contributed by atoms with Gasteiger partial charge in [0, 0.05) is 5.69 Å². The van der Waals surface area contributed by atoms with E-state index in [1.807, 2.05) is 36.4 Å². The van der Waals surface area contributed by atoms with E-state index in [0.717, 1.165) is 16.9 Å². The Balaban J connectivity index is 1.97. The minimum Gasteiger partial charge on any atom is -0.454 e. The van der Waals surface area contributed by atoms with Crippen LogP contribution in [0.1, 0.15) is 11.1 Å². The molecule has 1 heterocycles. The predicted octanol–water partition coefficient (Wildman–Crippen LogP) is 3.06. The van der Waals surface area contributed by atoms with Crippen molar-refractivity contribution in [3.63, 3.8) is 0 Å². The molecule has 0 spiro atoms. The van der Waals surface area contributed by atoms with Crippen molar-refractivity contribution in [3.8, 4) is 17.6 Å². The van der Waals surface area contributed by atoms with Crippen LogP contribution in [0.4, 0.5) is 5.69 Å². The molecule has 0 fully saturated rings. The van der Waals surface area contributed by atoms with Crippen LogP contribution in [0.5, 0.6) is 11.5 Å². The van der Waals surface area contributed by atoms with Gasteiger partial charge in [-0.3, -0.25) is 0 Å². The van der Waals surface area contributed by atoms with E-state index >= 15 is 0 Å². The number of nitriles is 1. The highest BCUT2D eigenvalue weighted by atomic mass is 16.7. The maximum Gasteiger partial charge on any atom is 0.231 e. The minimum absolute atomic E-state index is 0.242. The Kier molecular flexibility index (Phi) is 3.02.